The zero-order valence-corrected chi connectivity index (χ0v) is 20.3. The number of carbonyl (C=O) groups excluding carboxylic acids is 1. The third-order valence-electron chi connectivity index (χ3n) is 5.77. The summed E-state index contributed by atoms with van der Waals surface area (Å²) in [6.45, 7) is 4.20. The maximum absolute atomic E-state index is 13.5. The van der Waals surface area contributed by atoms with Crippen molar-refractivity contribution in [2.75, 3.05) is 43.5 Å². The monoisotopic (exact) mass is 465 g/mol. The molecular weight excluding hydrogens is 434 g/mol. The number of fused-ring (bicyclic) bond motifs is 1. The fourth-order valence-corrected chi connectivity index (χ4v) is 4.66. The van der Waals surface area contributed by atoms with E-state index >= 15 is 0 Å². The van der Waals surface area contributed by atoms with Crippen molar-refractivity contribution >= 4 is 28.7 Å². The molecule has 2 aromatic heterocycles. The number of hydrogen-bond donors (Lipinski definition) is 1. The van der Waals surface area contributed by atoms with Gasteiger partial charge in [-0.25, -0.2) is 9.97 Å². The molecule has 33 heavy (non-hydrogen) atoms. The van der Waals surface area contributed by atoms with E-state index in [-0.39, 0.29) is 12.0 Å². The van der Waals surface area contributed by atoms with E-state index in [2.05, 4.69) is 39.0 Å². The van der Waals surface area contributed by atoms with Crippen molar-refractivity contribution in [3.8, 4) is 5.75 Å². The smallest absolute Gasteiger partial charge is 0.263 e. The molecule has 7 nitrogen and oxygen atoms in total. The first-order valence-electron chi connectivity index (χ1n) is 11.4. The fourth-order valence-electron chi connectivity index (χ4n) is 3.96. The number of aromatic nitrogens is 2. The van der Waals surface area contributed by atoms with Gasteiger partial charge in [0.2, 0.25) is 0 Å². The SMILES string of the molecule is CCCc1ncc2c(n1)N(C)CCN(c1cccc(OC(CCNC)c3ccsc3)c1)C2=O. The molecule has 1 aliphatic heterocycles. The van der Waals surface area contributed by atoms with E-state index in [1.165, 1.54) is 5.56 Å². The summed E-state index contributed by atoms with van der Waals surface area (Å²) in [4.78, 5) is 26.4. The van der Waals surface area contributed by atoms with Crippen LogP contribution in [0.4, 0.5) is 11.5 Å². The predicted octanol–water partition coefficient (Wildman–Crippen LogP) is 4.32. The van der Waals surface area contributed by atoms with Crippen molar-refractivity contribution in [2.24, 2.45) is 0 Å². The number of nitrogens with one attached hydrogen (secondary N) is 1. The molecule has 1 aliphatic rings. The largest absolute Gasteiger partial charge is 0.486 e. The summed E-state index contributed by atoms with van der Waals surface area (Å²) in [5.74, 6) is 2.15. The van der Waals surface area contributed by atoms with E-state index in [4.69, 9.17) is 4.74 Å². The lowest BCUT2D eigenvalue weighted by Gasteiger charge is -2.23. The van der Waals surface area contributed by atoms with Crippen LogP contribution in [0.3, 0.4) is 0 Å². The summed E-state index contributed by atoms with van der Waals surface area (Å²) >= 11 is 1.67. The van der Waals surface area contributed by atoms with Gasteiger partial charge in [-0.3, -0.25) is 4.79 Å². The van der Waals surface area contributed by atoms with Gasteiger partial charge in [-0.2, -0.15) is 11.3 Å². The Kier molecular flexibility index (Phi) is 7.57. The van der Waals surface area contributed by atoms with E-state index in [0.717, 1.165) is 43.1 Å². The van der Waals surface area contributed by atoms with Gasteiger partial charge in [-0.15, -0.1) is 0 Å². The Morgan fingerprint density at radius 1 is 1.27 bits per heavy atom. The molecule has 3 heterocycles. The summed E-state index contributed by atoms with van der Waals surface area (Å²) in [7, 11) is 3.92. The lowest BCUT2D eigenvalue weighted by molar-refractivity contribution is 0.0989. The second kappa shape index (κ2) is 10.8. The van der Waals surface area contributed by atoms with Gasteiger partial charge in [-0.05, 0) is 49.0 Å². The molecule has 0 fully saturated rings. The van der Waals surface area contributed by atoms with Crippen LogP contribution in [0.1, 0.15) is 47.6 Å². The van der Waals surface area contributed by atoms with Crippen LogP contribution >= 0.6 is 11.3 Å². The number of aryl methyl sites for hydroxylation is 1. The van der Waals surface area contributed by atoms with Crippen molar-refractivity contribution < 1.29 is 9.53 Å². The predicted molar refractivity (Wildman–Crippen MR) is 134 cm³/mol. The Hall–Kier alpha value is -2.97. The van der Waals surface area contributed by atoms with Crippen molar-refractivity contribution in [3.63, 3.8) is 0 Å². The Bertz CT molecular complexity index is 1070. The quantitative estimate of drug-likeness (QED) is 0.508. The van der Waals surface area contributed by atoms with Gasteiger partial charge in [0, 0.05) is 56.5 Å². The average molecular weight is 466 g/mol. The zero-order chi connectivity index (χ0) is 23.2. The first kappa shape index (κ1) is 23.2. The molecule has 0 radical (unpaired) electrons. The molecule has 1 unspecified atom stereocenters. The number of benzene rings is 1. The lowest BCUT2D eigenvalue weighted by atomic mass is 10.1. The maximum atomic E-state index is 13.5. The van der Waals surface area contributed by atoms with Crippen LogP contribution in [-0.2, 0) is 6.42 Å². The first-order valence-corrected chi connectivity index (χ1v) is 12.4. The van der Waals surface area contributed by atoms with Gasteiger partial charge in [0.05, 0.1) is 0 Å². The second-order valence-electron chi connectivity index (χ2n) is 8.20. The standard InChI is InChI=1S/C25H31N5O2S/c1-4-6-23-27-16-21-24(28-23)29(3)12-13-30(25(21)31)19-7-5-8-20(15-19)32-22(9-11-26-2)18-10-14-33-17-18/h5,7-8,10,14-17,22,26H,4,6,9,11-13H2,1-3H3. The van der Waals surface area contributed by atoms with Gasteiger partial charge in [-0.1, -0.05) is 13.0 Å². The van der Waals surface area contributed by atoms with Gasteiger partial charge in [0.25, 0.3) is 5.91 Å². The number of likely N-dealkylation sites (N-methyl/N-ethyl adjacent to an activating group) is 1. The van der Waals surface area contributed by atoms with Gasteiger partial charge < -0.3 is 19.9 Å². The summed E-state index contributed by atoms with van der Waals surface area (Å²) in [5, 5.41) is 7.40. The number of thiophene rings is 1. The number of carbonyl (C=O) groups is 1. The highest BCUT2D eigenvalue weighted by atomic mass is 32.1. The minimum atomic E-state index is -0.0842. The van der Waals surface area contributed by atoms with Crippen LogP contribution in [0.2, 0.25) is 0 Å². The molecule has 1 N–H and O–H groups in total. The third kappa shape index (κ3) is 5.34. The molecule has 174 valence electrons. The van der Waals surface area contributed by atoms with Gasteiger partial charge in [0.1, 0.15) is 29.1 Å². The number of amides is 1. The molecule has 0 aliphatic carbocycles. The first-order chi connectivity index (χ1) is 16.1. The second-order valence-corrected chi connectivity index (χ2v) is 8.98. The van der Waals surface area contributed by atoms with Crippen LogP contribution in [0.25, 0.3) is 0 Å². The van der Waals surface area contributed by atoms with E-state index in [9.17, 15) is 4.79 Å². The molecule has 0 spiro atoms. The molecule has 1 atom stereocenters. The lowest BCUT2D eigenvalue weighted by Crippen LogP contribution is -2.33. The number of hydrogen-bond acceptors (Lipinski definition) is 7. The molecule has 0 saturated heterocycles. The van der Waals surface area contributed by atoms with E-state index in [1.807, 2.05) is 43.3 Å². The Morgan fingerprint density at radius 2 is 2.15 bits per heavy atom. The van der Waals surface area contributed by atoms with Crippen LogP contribution in [-0.4, -0.2) is 49.6 Å². The third-order valence-corrected chi connectivity index (χ3v) is 6.47. The van der Waals surface area contributed by atoms with Crippen LogP contribution in [0, 0.1) is 0 Å². The van der Waals surface area contributed by atoms with Crippen molar-refractivity contribution in [2.45, 2.75) is 32.3 Å². The summed E-state index contributed by atoms with van der Waals surface area (Å²) in [6, 6.07) is 9.90. The molecule has 8 heteroatoms. The summed E-state index contributed by atoms with van der Waals surface area (Å²) in [5.41, 5.74) is 2.52. The normalized spacial score (nSPS) is 14.7. The zero-order valence-electron chi connectivity index (χ0n) is 19.5. The van der Waals surface area contributed by atoms with Crippen LogP contribution in [0.15, 0.2) is 47.3 Å². The van der Waals surface area contributed by atoms with Gasteiger partial charge in [0.15, 0.2) is 0 Å². The molecule has 4 rings (SSSR count). The summed E-state index contributed by atoms with van der Waals surface area (Å²) < 4.78 is 6.39. The van der Waals surface area contributed by atoms with Crippen LogP contribution in [0.5, 0.6) is 5.75 Å². The number of rotatable bonds is 9. The summed E-state index contributed by atoms with van der Waals surface area (Å²) in [6.07, 6.45) is 4.26. The number of ether oxygens (including phenoxy) is 1. The molecule has 0 bridgehead atoms. The number of nitrogens with zero attached hydrogens (tertiary/aromatic N) is 4. The van der Waals surface area contributed by atoms with E-state index in [1.54, 1.807) is 22.4 Å². The highest BCUT2D eigenvalue weighted by Crippen LogP contribution is 2.31. The van der Waals surface area contributed by atoms with E-state index < -0.39 is 0 Å². The van der Waals surface area contributed by atoms with Crippen molar-refractivity contribution in [3.05, 3.63) is 64.2 Å². The fraction of sp³-hybridized carbons (Fsp3) is 0.400. The van der Waals surface area contributed by atoms with Crippen LogP contribution < -0.4 is 19.9 Å². The van der Waals surface area contributed by atoms with E-state index in [0.29, 0.717) is 24.5 Å². The van der Waals surface area contributed by atoms with Crippen molar-refractivity contribution in [1.82, 2.24) is 15.3 Å². The maximum Gasteiger partial charge on any atom is 0.263 e. The highest BCUT2D eigenvalue weighted by Gasteiger charge is 2.28. The van der Waals surface area contributed by atoms with Gasteiger partial charge >= 0.3 is 0 Å². The highest BCUT2D eigenvalue weighted by molar-refractivity contribution is 7.07. The molecule has 1 aromatic carbocycles. The average Bonchev–Trinajstić information content (AvgIpc) is 3.33. The molecular formula is C25H31N5O2S. The minimum Gasteiger partial charge on any atom is -0.486 e. The molecule has 3 aromatic rings. The Morgan fingerprint density at radius 3 is 2.91 bits per heavy atom. The Balaban J connectivity index is 1.59. The minimum absolute atomic E-state index is 0.0453. The molecule has 0 saturated carbocycles. The number of anilines is 2. The topological polar surface area (TPSA) is 70.6 Å². The molecule has 1 amide bonds. The van der Waals surface area contributed by atoms with Crippen molar-refractivity contribution in [1.29, 1.82) is 0 Å². The Labute approximate surface area is 199 Å².